The molecule has 2 nitrogen and oxygen atoms in total. The molecule has 2 N–H and O–H groups in total. The molecule has 0 amide bonds. The Morgan fingerprint density at radius 1 is 1.26 bits per heavy atom. The van der Waals surface area contributed by atoms with Crippen LogP contribution < -0.4 is 10.5 Å². The lowest BCUT2D eigenvalue weighted by Crippen LogP contribution is -2.04. The molecule has 2 aromatic carbocycles. The van der Waals surface area contributed by atoms with Crippen molar-refractivity contribution in [3.8, 4) is 11.5 Å². The van der Waals surface area contributed by atoms with Crippen LogP contribution in [0, 0.1) is 5.82 Å². The van der Waals surface area contributed by atoms with Crippen LogP contribution in [0.15, 0.2) is 40.9 Å². The molecule has 0 aliphatic rings. The van der Waals surface area contributed by atoms with Crippen molar-refractivity contribution in [3.63, 3.8) is 0 Å². The summed E-state index contributed by atoms with van der Waals surface area (Å²) in [5.74, 6) is 0.634. The minimum atomic E-state index is -0.369. The van der Waals surface area contributed by atoms with Gasteiger partial charge in [-0.25, -0.2) is 4.39 Å². The Labute approximate surface area is 124 Å². The molecule has 0 aromatic heterocycles. The van der Waals surface area contributed by atoms with E-state index >= 15 is 0 Å². The van der Waals surface area contributed by atoms with Crippen molar-refractivity contribution in [1.82, 2.24) is 0 Å². The van der Waals surface area contributed by atoms with E-state index in [0.29, 0.717) is 34.0 Å². The third-order valence-corrected chi connectivity index (χ3v) is 3.35. The molecule has 19 heavy (non-hydrogen) atoms. The summed E-state index contributed by atoms with van der Waals surface area (Å²) in [6, 6.07) is 9.72. The van der Waals surface area contributed by atoms with Crippen LogP contribution in [-0.2, 0) is 6.42 Å². The molecule has 0 unspecified atom stereocenters. The first-order valence-electron chi connectivity index (χ1n) is 5.71. The third-order valence-electron chi connectivity index (χ3n) is 2.53. The van der Waals surface area contributed by atoms with Crippen molar-refractivity contribution >= 4 is 27.5 Å². The molecule has 0 spiro atoms. The molecule has 0 atom stereocenters. The van der Waals surface area contributed by atoms with Gasteiger partial charge in [-0.15, -0.1) is 0 Å². The van der Waals surface area contributed by atoms with Gasteiger partial charge >= 0.3 is 0 Å². The Hall–Kier alpha value is -1.10. The van der Waals surface area contributed by atoms with Crippen LogP contribution in [0.3, 0.4) is 0 Å². The number of hydrogen-bond donors (Lipinski definition) is 1. The van der Waals surface area contributed by atoms with Crippen LogP contribution >= 0.6 is 27.5 Å². The molecule has 2 aromatic rings. The predicted octanol–water partition coefficient (Wildman–Crippen LogP) is 4.54. The molecule has 2 rings (SSSR count). The maximum atomic E-state index is 13.3. The zero-order chi connectivity index (χ0) is 13.8. The molecule has 0 saturated carbocycles. The lowest BCUT2D eigenvalue weighted by molar-refractivity contribution is 0.470. The Balaban J connectivity index is 2.34. The van der Waals surface area contributed by atoms with Crippen LogP contribution in [0.1, 0.15) is 5.56 Å². The van der Waals surface area contributed by atoms with Crippen LogP contribution in [0.2, 0.25) is 5.02 Å². The maximum Gasteiger partial charge on any atom is 0.132 e. The minimum Gasteiger partial charge on any atom is -0.457 e. The van der Waals surface area contributed by atoms with E-state index in [1.54, 1.807) is 24.3 Å². The van der Waals surface area contributed by atoms with E-state index in [9.17, 15) is 4.39 Å². The van der Waals surface area contributed by atoms with Gasteiger partial charge in [-0.1, -0.05) is 33.6 Å². The lowest BCUT2D eigenvalue weighted by atomic mass is 10.1. The average Bonchev–Trinajstić information content (AvgIpc) is 2.32. The SMILES string of the molecule is NCCc1c(Cl)cccc1Oc1cc(F)cc(Br)c1. The fourth-order valence-electron chi connectivity index (χ4n) is 1.74. The van der Waals surface area contributed by atoms with Gasteiger partial charge in [-0.3, -0.25) is 0 Å². The van der Waals surface area contributed by atoms with Crippen molar-refractivity contribution in [2.45, 2.75) is 6.42 Å². The van der Waals surface area contributed by atoms with E-state index in [1.807, 2.05) is 0 Å². The Kier molecular flexibility index (Phi) is 4.80. The highest BCUT2D eigenvalue weighted by Gasteiger charge is 2.09. The maximum absolute atomic E-state index is 13.3. The summed E-state index contributed by atoms with van der Waals surface area (Å²) in [6.07, 6.45) is 0.603. The zero-order valence-electron chi connectivity index (χ0n) is 10.00. The third kappa shape index (κ3) is 3.69. The van der Waals surface area contributed by atoms with Gasteiger partial charge in [0.25, 0.3) is 0 Å². The molecule has 0 fully saturated rings. The second-order valence-corrected chi connectivity index (χ2v) is 5.29. The van der Waals surface area contributed by atoms with Gasteiger partial charge in [0.15, 0.2) is 0 Å². The van der Waals surface area contributed by atoms with E-state index in [1.165, 1.54) is 12.1 Å². The van der Waals surface area contributed by atoms with Gasteiger partial charge in [0, 0.05) is 21.1 Å². The number of benzene rings is 2. The second-order valence-electron chi connectivity index (χ2n) is 3.96. The van der Waals surface area contributed by atoms with E-state index in [0.717, 1.165) is 5.56 Å². The van der Waals surface area contributed by atoms with Gasteiger partial charge < -0.3 is 10.5 Å². The van der Waals surface area contributed by atoms with E-state index in [4.69, 9.17) is 22.1 Å². The first kappa shape index (κ1) is 14.3. The topological polar surface area (TPSA) is 35.2 Å². The predicted molar refractivity (Wildman–Crippen MR) is 78.4 cm³/mol. The molecular formula is C14H12BrClFNO. The normalized spacial score (nSPS) is 10.5. The summed E-state index contributed by atoms with van der Waals surface area (Å²) in [4.78, 5) is 0. The summed E-state index contributed by atoms with van der Waals surface area (Å²) in [5.41, 5.74) is 6.38. The Bertz CT molecular complexity index is 571. The number of rotatable bonds is 4. The first-order chi connectivity index (χ1) is 9.10. The van der Waals surface area contributed by atoms with Gasteiger partial charge in [-0.2, -0.15) is 0 Å². The summed E-state index contributed by atoms with van der Waals surface area (Å²) in [7, 11) is 0. The smallest absolute Gasteiger partial charge is 0.132 e. The number of nitrogens with two attached hydrogens (primary N) is 1. The summed E-state index contributed by atoms with van der Waals surface area (Å²) >= 11 is 9.34. The summed E-state index contributed by atoms with van der Waals surface area (Å²) in [6.45, 7) is 0.465. The summed E-state index contributed by atoms with van der Waals surface area (Å²) in [5, 5.41) is 0.596. The van der Waals surface area contributed by atoms with Crippen molar-refractivity contribution in [2.24, 2.45) is 5.73 Å². The summed E-state index contributed by atoms with van der Waals surface area (Å²) < 4.78 is 19.6. The van der Waals surface area contributed by atoms with Gasteiger partial charge in [0.05, 0.1) is 0 Å². The zero-order valence-corrected chi connectivity index (χ0v) is 12.3. The Morgan fingerprint density at radius 2 is 2.05 bits per heavy atom. The molecule has 100 valence electrons. The fourth-order valence-corrected chi connectivity index (χ4v) is 2.44. The highest BCUT2D eigenvalue weighted by Crippen LogP contribution is 2.32. The molecule has 0 aliphatic heterocycles. The van der Waals surface area contributed by atoms with Gasteiger partial charge in [0.1, 0.15) is 17.3 Å². The molecular weight excluding hydrogens is 333 g/mol. The monoisotopic (exact) mass is 343 g/mol. The average molecular weight is 345 g/mol. The molecule has 0 bridgehead atoms. The minimum absolute atomic E-state index is 0.369. The standard InChI is InChI=1S/C14H12BrClFNO/c15-9-6-10(17)8-11(7-9)19-14-3-1-2-13(16)12(14)4-5-18/h1-3,6-8H,4-5,18H2. The molecule has 0 aliphatic carbocycles. The number of halogens is 3. The first-order valence-corrected chi connectivity index (χ1v) is 6.88. The van der Waals surface area contributed by atoms with E-state index in [-0.39, 0.29) is 5.82 Å². The molecule has 0 saturated heterocycles. The van der Waals surface area contributed by atoms with Gasteiger partial charge in [0.2, 0.25) is 0 Å². The van der Waals surface area contributed by atoms with Crippen molar-refractivity contribution < 1.29 is 9.13 Å². The number of hydrogen-bond acceptors (Lipinski definition) is 2. The number of ether oxygens (including phenoxy) is 1. The second kappa shape index (κ2) is 6.37. The Morgan fingerprint density at radius 3 is 2.74 bits per heavy atom. The quantitative estimate of drug-likeness (QED) is 0.884. The molecule has 0 heterocycles. The highest BCUT2D eigenvalue weighted by atomic mass is 79.9. The van der Waals surface area contributed by atoms with Crippen molar-refractivity contribution in [3.05, 3.63) is 57.3 Å². The van der Waals surface area contributed by atoms with Crippen LogP contribution in [0.4, 0.5) is 4.39 Å². The van der Waals surface area contributed by atoms with Crippen LogP contribution in [0.25, 0.3) is 0 Å². The largest absolute Gasteiger partial charge is 0.457 e. The van der Waals surface area contributed by atoms with Crippen LogP contribution in [-0.4, -0.2) is 6.54 Å². The van der Waals surface area contributed by atoms with E-state index in [2.05, 4.69) is 15.9 Å². The van der Waals surface area contributed by atoms with E-state index < -0.39 is 0 Å². The molecule has 5 heteroatoms. The van der Waals surface area contributed by atoms with Crippen molar-refractivity contribution in [2.75, 3.05) is 6.54 Å². The van der Waals surface area contributed by atoms with Crippen LogP contribution in [0.5, 0.6) is 11.5 Å². The highest BCUT2D eigenvalue weighted by molar-refractivity contribution is 9.10. The fraction of sp³-hybridized carbons (Fsp3) is 0.143. The van der Waals surface area contributed by atoms with Gasteiger partial charge in [-0.05, 0) is 37.2 Å². The lowest BCUT2D eigenvalue weighted by Gasteiger charge is -2.12. The van der Waals surface area contributed by atoms with Crippen molar-refractivity contribution in [1.29, 1.82) is 0 Å². The molecule has 0 radical (unpaired) electrons.